The fourth-order valence-corrected chi connectivity index (χ4v) is 9.26. The first-order valence-corrected chi connectivity index (χ1v) is 13.0. The fraction of sp³-hybridized carbons (Fsp3) is 0.615. The summed E-state index contributed by atoms with van der Waals surface area (Å²) in [7, 11) is 2.33. The molecule has 8 unspecified atom stereocenters. The molecule has 0 saturated heterocycles. The Hall–Kier alpha value is -0.540. The Morgan fingerprint density at radius 1 is 1.10 bits per heavy atom. The molecule has 5 rings (SSSR count). The number of hydrogen-bond donors (Lipinski definition) is 0. The highest BCUT2D eigenvalue weighted by Crippen LogP contribution is 2.59. The average molecular weight is 519 g/mol. The second kappa shape index (κ2) is 7.26. The molecule has 3 aliphatic carbocycles. The summed E-state index contributed by atoms with van der Waals surface area (Å²) in [5.41, 5.74) is 7.66. The molecule has 29 heavy (non-hydrogen) atoms. The Morgan fingerprint density at radius 3 is 2.62 bits per heavy atom. The SMILES string of the molecule is CC1=Cc2c(Br)cccc2C1CC1C(C)CC2C(Br)C3C(C)=C(C)N(C)C3CC12. The molecule has 8 atom stereocenters. The summed E-state index contributed by atoms with van der Waals surface area (Å²) in [5.74, 6) is 4.64. The highest BCUT2D eigenvalue weighted by atomic mass is 79.9. The third kappa shape index (κ3) is 2.97. The summed E-state index contributed by atoms with van der Waals surface area (Å²) in [6.45, 7) is 9.58. The van der Waals surface area contributed by atoms with Crippen molar-refractivity contribution in [2.24, 2.45) is 29.6 Å². The van der Waals surface area contributed by atoms with Gasteiger partial charge in [0.05, 0.1) is 0 Å². The molecule has 0 spiro atoms. The third-order valence-electron chi connectivity index (χ3n) is 9.14. The molecule has 0 amide bonds. The van der Waals surface area contributed by atoms with Gasteiger partial charge in [-0.15, -0.1) is 0 Å². The van der Waals surface area contributed by atoms with Gasteiger partial charge in [0.1, 0.15) is 0 Å². The number of alkyl halides is 1. The van der Waals surface area contributed by atoms with E-state index in [-0.39, 0.29) is 0 Å². The zero-order valence-corrected chi connectivity index (χ0v) is 21.4. The molecule has 0 N–H and O–H groups in total. The predicted molar refractivity (Wildman–Crippen MR) is 130 cm³/mol. The highest BCUT2D eigenvalue weighted by Gasteiger charge is 2.55. The number of nitrogens with zero attached hydrogens (tertiary/aromatic N) is 1. The van der Waals surface area contributed by atoms with Crippen molar-refractivity contribution < 1.29 is 0 Å². The molecule has 0 aromatic heterocycles. The van der Waals surface area contributed by atoms with Gasteiger partial charge >= 0.3 is 0 Å². The Labute approximate surface area is 193 Å². The zero-order chi connectivity index (χ0) is 20.6. The third-order valence-corrected chi connectivity index (χ3v) is 11.1. The minimum atomic E-state index is 0.600. The number of benzene rings is 1. The van der Waals surface area contributed by atoms with Crippen LogP contribution < -0.4 is 0 Å². The van der Waals surface area contributed by atoms with Crippen LogP contribution in [0.25, 0.3) is 6.08 Å². The summed E-state index contributed by atoms with van der Waals surface area (Å²) < 4.78 is 1.25. The highest BCUT2D eigenvalue weighted by molar-refractivity contribution is 9.10. The number of rotatable bonds is 2. The van der Waals surface area contributed by atoms with Gasteiger partial charge in [0.2, 0.25) is 0 Å². The largest absolute Gasteiger partial charge is 0.375 e. The maximum absolute atomic E-state index is 4.23. The van der Waals surface area contributed by atoms with Crippen LogP contribution >= 0.6 is 31.9 Å². The summed E-state index contributed by atoms with van der Waals surface area (Å²) in [6.07, 6.45) is 6.51. The fourth-order valence-electron chi connectivity index (χ4n) is 7.41. The maximum Gasteiger partial charge on any atom is 0.0363 e. The minimum Gasteiger partial charge on any atom is -0.375 e. The molecule has 1 nitrogen and oxygen atoms in total. The van der Waals surface area contributed by atoms with Crippen molar-refractivity contribution in [2.75, 3.05) is 7.05 Å². The Balaban J connectivity index is 1.43. The lowest BCUT2D eigenvalue weighted by Crippen LogP contribution is -2.46. The standard InChI is InChI=1S/C26H33Br2N/c1-13-9-21-17(7-6-8-23(21)27)18(13)11-19-14(2)10-22-20(19)12-24-25(26(22)28)15(3)16(4)29(24)5/h6-9,14,18-20,22,24-26H,10-12H2,1-5H3. The van der Waals surface area contributed by atoms with E-state index in [2.05, 4.69) is 95.8 Å². The van der Waals surface area contributed by atoms with E-state index in [0.717, 1.165) is 23.7 Å². The normalized spacial score (nSPS) is 40.8. The lowest BCUT2D eigenvalue weighted by Gasteiger charge is -2.44. The van der Waals surface area contributed by atoms with Crippen LogP contribution in [0.5, 0.6) is 0 Å². The topological polar surface area (TPSA) is 3.24 Å². The van der Waals surface area contributed by atoms with Crippen molar-refractivity contribution in [1.82, 2.24) is 4.90 Å². The number of fused-ring (bicyclic) bond motifs is 3. The summed E-state index contributed by atoms with van der Waals surface area (Å²) >= 11 is 8.01. The van der Waals surface area contributed by atoms with E-state index in [1.807, 2.05) is 0 Å². The maximum atomic E-state index is 4.23. The minimum absolute atomic E-state index is 0.600. The number of allylic oxidation sites excluding steroid dienone is 2. The van der Waals surface area contributed by atoms with Gasteiger partial charge in [-0.1, -0.05) is 62.6 Å². The van der Waals surface area contributed by atoms with Crippen LogP contribution in [0.15, 0.2) is 39.5 Å². The lowest BCUT2D eigenvalue weighted by atomic mass is 9.67. The van der Waals surface area contributed by atoms with E-state index >= 15 is 0 Å². The van der Waals surface area contributed by atoms with Gasteiger partial charge in [0, 0.05) is 39.9 Å². The van der Waals surface area contributed by atoms with Crippen LogP contribution in [0.2, 0.25) is 0 Å². The second-order valence-electron chi connectivity index (χ2n) is 10.3. The van der Waals surface area contributed by atoms with E-state index in [4.69, 9.17) is 0 Å². The molecule has 3 heteroatoms. The van der Waals surface area contributed by atoms with E-state index in [1.54, 1.807) is 16.7 Å². The molecule has 2 saturated carbocycles. The number of halogens is 2. The molecule has 0 radical (unpaired) electrons. The second-order valence-corrected chi connectivity index (χ2v) is 12.2. The molecule has 1 aromatic rings. The first-order valence-electron chi connectivity index (χ1n) is 11.3. The van der Waals surface area contributed by atoms with Gasteiger partial charge in [0.15, 0.2) is 0 Å². The van der Waals surface area contributed by atoms with Gasteiger partial charge in [-0.3, -0.25) is 0 Å². The molecular weight excluding hydrogens is 486 g/mol. The molecular formula is C26H33Br2N. The van der Waals surface area contributed by atoms with Crippen LogP contribution in [0.1, 0.15) is 64.0 Å². The van der Waals surface area contributed by atoms with Crippen molar-refractivity contribution >= 4 is 37.9 Å². The van der Waals surface area contributed by atoms with Crippen molar-refractivity contribution in [3.63, 3.8) is 0 Å². The first-order chi connectivity index (χ1) is 13.8. The van der Waals surface area contributed by atoms with Crippen LogP contribution in [0.3, 0.4) is 0 Å². The molecule has 4 aliphatic rings. The van der Waals surface area contributed by atoms with Gasteiger partial charge in [-0.2, -0.15) is 0 Å². The predicted octanol–water partition coefficient (Wildman–Crippen LogP) is 7.62. The Morgan fingerprint density at radius 2 is 1.86 bits per heavy atom. The molecule has 1 aromatic carbocycles. The molecule has 156 valence electrons. The van der Waals surface area contributed by atoms with Crippen molar-refractivity contribution in [1.29, 1.82) is 0 Å². The van der Waals surface area contributed by atoms with Crippen molar-refractivity contribution in [3.05, 3.63) is 50.6 Å². The van der Waals surface area contributed by atoms with Crippen molar-refractivity contribution in [3.8, 4) is 0 Å². The Bertz CT molecular complexity index is 900. The van der Waals surface area contributed by atoms with E-state index < -0.39 is 0 Å². The van der Waals surface area contributed by atoms with Crippen LogP contribution in [-0.4, -0.2) is 22.8 Å². The molecule has 1 heterocycles. The summed E-state index contributed by atoms with van der Waals surface area (Å²) in [5, 5.41) is 0. The van der Waals surface area contributed by atoms with E-state index in [9.17, 15) is 0 Å². The lowest BCUT2D eigenvalue weighted by molar-refractivity contribution is 0.117. The van der Waals surface area contributed by atoms with Gasteiger partial charge in [-0.05, 0) is 86.5 Å². The van der Waals surface area contributed by atoms with Gasteiger partial charge < -0.3 is 4.90 Å². The Kier molecular flexibility index (Phi) is 5.10. The monoisotopic (exact) mass is 517 g/mol. The molecule has 1 aliphatic heterocycles. The summed E-state index contributed by atoms with van der Waals surface area (Å²) in [6, 6.07) is 7.45. The van der Waals surface area contributed by atoms with E-state index in [1.165, 1.54) is 35.0 Å². The first kappa shape index (κ1) is 20.4. The zero-order valence-electron chi connectivity index (χ0n) is 18.3. The number of hydrogen-bond acceptors (Lipinski definition) is 1. The van der Waals surface area contributed by atoms with Gasteiger partial charge in [-0.25, -0.2) is 0 Å². The van der Waals surface area contributed by atoms with Crippen molar-refractivity contribution in [2.45, 2.75) is 63.7 Å². The van der Waals surface area contributed by atoms with Crippen LogP contribution in [0.4, 0.5) is 0 Å². The van der Waals surface area contributed by atoms with E-state index in [0.29, 0.717) is 22.7 Å². The summed E-state index contributed by atoms with van der Waals surface area (Å²) in [4.78, 5) is 3.23. The molecule has 2 fully saturated rings. The molecule has 0 bridgehead atoms. The van der Waals surface area contributed by atoms with Crippen LogP contribution in [-0.2, 0) is 0 Å². The quantitative estimate of drug-likeness (QED) is 0.364. The van der Waals surface area contributed by atoms with Crippen LogP contribution in [0, 0.1) is 29.6 Å². The smallest absolute Gasteiger partial charge is 0.0363 e. The van der Waals surface area contributed by atoms with Gasteiger partial charge in [0.25, 0.3) is 0 Å². The average Bonchev–Trinajstić information content (AvgIpc) is 3.25.